The number of halogens is 2. The molecule has 0 fully saturated rings. The van der Waals surface area contributed by atoms with Crippen LogP contribution >= 0.6 is 11.6 Å². The molecule has 0 radical (unpaired) electrons. The van der Waals surface area contributed by atoms with Crippen LogP contribution in [0.15, 0.2) is 30.5 Å². The molecule has 1 amide bonds. The maximum Gasteiger partial charge on any atom is 0.275 e. The number of nitrogens with zero attached hydrogens (tertiary/aromatic N) is 4. The van der Waals surface area contributed by atoms with Crippen molar-refractivity contribution >= 4 is 23.2 Å². The third-order valence-electron chi connectivity index (χ3n) is 4.01. The van der Waals surface area contributed by atoms with E-state index in [1.54, 1.807) is 36.9 Å². The van der Waals surface area contributed by atoms with Crippen molar-refractivity contribution in [3.63, 3.8) is 0 Å². The molecule has 2 heterocycles. The zero-order valence-corrected chi connectivity index (χ0v) is 14.8. The molecule has 130 valence electrons. The van der Waals surface area contributed by atoms with E-state index in [1.165, 1.54) is 16.9 Å². The van der Waals surface area contributed by atoms with Gasteiger partial charge in [0.1, 0.15) is 11.5 Å². The van der Waals surface area contributed by atoms with Crippen LogP contribution in [0.5, 0.6) is 0 Å². The monoisotopic (exact) mass is 361 g/mol. The smallest absolute Gasteiger partial charge is 0.275 e. The lowest BCUT2D eigenvalue weighted by molar-refractivity contribution is 0.101. The van der Waals surface area contributed by atoms with Crippen molar-refractivity contribution in [1.82, 2.24) is 19.6 Å². The Bertz CT molecular complexity index is 927. The van der Waals surface area contributed by atoms with Crippen molar-refractivity contribution < 1.29 is 9.18 Å². The van der Waals surface area contributed by atoms with Crippen LogP contribution in [0, 0.1) is 19.7 Å². The molecule has 3 aromatic rings. The van der Waals surface area contributed by atoms with Crippen LogP contribution in [0.3, 0.4) is 0 Å². The molecular weight excluding hydrogens is 345 g/mol. The van der Waals surface area contributed by atoms with Gasteiger partial charge in [0, 0.05) is 12.6 Å². The summed E-state index contributed by atoms with van der Waals surface area (Å²) >= 11 is 6.01. The molecule has 25 heavy (non-hydrogen) atoms. The second-order valence-electron chi connectivity index (χ2n) is 5.71. The lowest BCUT2D eigenvalue weighted by Gasteiger charge is -2.08. The van der Waals surface area contributed by atoms with Crippen molar-refractivity contribution in [2.24, 2.45) is 7.05 Å². The van der Waals surface area contributed by atoms with E-state index in [2.05, 4.69) is 15.5 Å². The van der Waals surface area contributed by atoms with Gasteiger partial charge in [0.05, 0.1) is 34.8 Å². The Kier molecular flexibility index (Phi) is 4.59. The van der Waals surface area contributed by atoms with Crippen LogP contribution in [0.25, 0.3) is 0 Å². The number of carbonyl (C=O) groups excluding carboxylic acids is 1. The molecule has 6 nitrogen and oxygen atoms in total. The quantitative estimate of drug-likeness (QED) is 0.775. The number of amides is 1. The molecule has 8 heteroatoms. The number of aromatic nitrogens is 4. The van der Waals surface area contributed by atoms with E-state index in [0.717, 1.165) is 5.69 Å². The zero-order valence-electron chi connectivity index (χ0n) is 14.0. The van der Waals surface area contributed by atoms with E-state index in [0.29, 0.717) is 16.9 Å². The molecular formula is C17H17ClFN5O. The summed E-state index contributed by atoms with van der Waals surface area (Å²) < 4.78 is 16.9. The number of hydrogen-bond acceptors (Lipinski definition) is 3. The van der Waals surface area contributed by atoms with Crippen LogP contribution in [-0.4, -0.2) is 25.5 Å². The second kappa shape index (κ2) is 6.68. The first-order valence-electron chi connectivity index (χ1n) is 7.64. The molecule has 0 aliphatic heterocycles. The summed E-state index contributed by atoms with van der Waals surface area (Å²) in [5.74, 6) is -0.663. The van der Waals surface area contributed by atoms with Gasteiger partial charge in [-0.15, -0.1) is 0 Å². The highest BCUT2D eigenvalue weighted by atomic mass is 35.5. The predicted molar refractivity (Wildman–Crippen MR) is 93.4 cm³/mol. The van der Waals surface area contributed by atoms with Gasteiger partial charge in [0.15, 0.2) is 0 Å². The first-order chi connectivity index (χ1) is 11.9. The standard InChI is InChI=1S/C17H17ClFN5O/c1-10-15(21-17(25)16-13(18)8-20-23(16)3)11(2)24(22-10)9-12-6-4-5-7-14(12)19/h4-8H,9H2,1-3H3,(H,21,25). The van der Waals surface area contributed by atoms with Crippen molar-refractivity contribution in [2.45, 2.75) is 20.4 Å². The van der Waals surface area contributed by atoms with E-state index in [1.807, 2.05) is 6.92 Å². The van der Waals surface area contributed by atoms with Crippen molar-refractivity contribution in [1.29, 1.82) is 0 Å². The normalized spacial score (nSPS) is 10.9. The van der Waals surface area contributed by atoms with Crippen LogP contribution in [0.1, 0.15) is 27.4 Å². The Morgan fingerprint density at radius 1 is 1.32 bits per heavy atom. The summed E-state index contributed by atoms with van der Waals surface area (Å²) in [6, 6.07) is 6.54. The summed E-state index contributed by atoms with van der Waals surface area (Å²) in [6.07, 6.45) is 1.41. The lowest BCUT2D eigenvalue weighted by Crippen LogP contribution is -2.17. The molecule has 0 spiro atoms. The largest absolute Gasteiger partial charge is 0.317 e. The molecule has 0 aliphatic carbocycles. The Morgan fingerprint density at radius 3 is 2.68 bits per heavy atom. The Hall–Kier alpha value is -2.67. The summed E-state index contributed by atoms with van der Waals surface area (Å²) in [5.41, 5.74) is 2.74. The number of hydrogen-bond donors (Lipinski definition) is 1. The molecule has 3 rings (SSSR count). The van der Waals surface area contributed by atoms with E-state index in [4.69, 9.17) is 11.6 Å². The number of rotatable bonds is 4. The highest BCUT2D eigenvalue weighted by molar-refractivity contribution is 6.34. The third kappa shape index (κ3) is 3.28. The highest BCUT2D eigenvalue weighted by Crippen LogP contribution is 2.23. The van der Waals surface area contributed by atoms with Gasteiger partial charge in [0.2, 0.25) is 0 Å². The van der Waals surface area contributed by atoms with Crippen LogP contribution in [0.4, 0.5) is 10.1 Å². The molecule has 1 aromatic carbocycles. The molecule has 0 atom stereocenters. The molecule has 0 aliphatic rings. The van der Waals surface area contributed by atoms with Gasteiger partial charge < -0.3 is 5.32 Å². The fourth-order valence-corrected chi connectivity index (χ4v) is 2.91. The minimum Gasteiger partial charge on any atom is -0.317 e. The topological polar surface area (TPSA) is 64.7 Å². The van der Waals surface area contributed by atoms with Crippen molar-refractivity contribution in [3.05, 3.63) is 63.9 Å². The summed E-state index contributed by atoms with van der Waals surface area (Å²) in [7, 11) is 1.64. The average molecular weight is 362 g/mol. The van der Waals surface area contributed by atoms with Crippen molar-refractivity contribution in [3.8, 4) is 0 Å². The molecule has 0 saturated carbocycles. The van der Waals surface area contributed by atoms with Gasteiger partial charge in [-0.25, -0.2) is 4.39 Å². The Morgan fingerprint density at radius 2 is 2.04 bits per heavy atom. The van der Waals surface area contributed by atoms with Gasteiger partial charge in [-0.3, -0.25) is 14.2 Å². The zero-order chi connectivity index (χ0) is 18.1. The van der Waals surface area contributed by atoms with Crippen molar-refractivity contribution in [2.75, 3.05) is 5.32 Å². The maximum atomic E-state index is 13.9. The Labute approximate surface area is 149 Å². The van der Waals surface area contributed by atoms with E-state index in [-0.39, 0.29) is 29.0 Å². The van der Waals surface area contributed by atoms with Crippen LogP contribution in [-0.2, 0) is 13.6 Å². The lowest BCUT2D eigenvalue weighted by atomic mass is 10.2. The summed E-state index contributed by atoms with van der Waals surface area (Å²) in [4.78, 5) is 12.5. The predicted octanol–water partition coefficient (Wildman–Crippen LogP) is 3.33. The van der Waals surface area contributed by atoms with Crippen LogP contribution < -0.4 is 5.32 Å². The van der Waals surface area contributed by atoms with Gasteiger partial charge in [-0.2, -0.15) is 10.2 Å². The first kappa shape index (κ1) is 17.2. The maximum absolute atomic E-state index is 13.9. The van der Waals surface area contributed by atoms with E-state index >= 15 is 0 Å². The minimum absolute atomic E-state index is 0.266. The van der Waals surface area contributed by atoms with Crippen LogP contribution in [0.2, 0.25) is 5.02 Å². The summed E-state index contributed by atoms with van der Waals surface area (Å²) in [5, 5.41) is 11.5. The summed E-state index contributed by atoms with van der Waals surface area (Å²) in [6.45, 7) is 3.88. The van der Waals surface area contributed by atoms with E-state index < -0.39 is 0 Å². The van der Waals surface area contributed by atoms with E-state index in [9.17, 15) is 9.18 Å². The minimum atomic E-state index is -0.373. The second-order valence-corrected chi connectivity index (χ2v) is 6.12. The molecule has 0 unspecified atom stereocenters. The van der Waals surface area contributed by atoms with Gasteiger partial charge >= 0.3 is 0 Å². The van der Waals surface area contributed by atoms with Gasteiger partial charge in [-0.05, 0) is 19.9 Å². The fourth-order valence-electron chi connectivity index (χ4n) is 2.66. The third-order valence-corrected chi connectivity index (χ3v) is 4.28. The molecule has 0 bridgehead atoms. The Balaban J connectivity index is 1.88. The number of nitrogens with one attached hydrogen (secondary N) is 1. The molecule has 0 saturated heterocycles. The number of carbonyl (C=O) groups is 1. The molecule has 1 N–H and O–H groups in total. The average Bonchev–Trinajstić information content (AvgIpc) is 3.03. The fraction of sp³-hybridized carbons (Fsp3) is 0.235. The van der Waals surface area contributed by atoms with Gasteiger partial charge in [0.25, 0.3) is 5.91 Å². The first-order valence-corrected chi connectivity index (χ1v) is 8.02. The number of aryl methyl sites for hydroxylation is 2. The molecule has 2 aromatic heterocycles. The SMILES string of the molecule is Cc1nn(Cc2ccccc2F)c(C)c1NC(=O)c1c(Cl)cnn1C. The number of benzene rings is 1. The highest BCUT2D eigenvalue weighted by Gasteiger charge is 2.20. The number of anilines is 1. The van der Waals surface area contributed by atoms with Gasteiger partial charge in [-0.1, -0.05) is 29.8 Å².